The summed E-state index contributed by atoms with van der Waals surface area (Å²) in [5.41, 5.74) is 1.77. The molecule has 2 N–H and O–H groups in total. The van der Waals surface area contributed by atoms with Crippen LogP contribution in [-0.4, -0.2) is 30.5 Å². The summed E-state index contributed by atoms with van der Waals surface area (Å²) in [4.78, 5) is 16.2. The van der Waals surface area contributed by atoms with E-state index in [9.17, 15) is 4.79 Å². The van der Waals surface area contributed by atoms with Crippen LogP contribution in [0.15, 0.2) is 28.4 Å². The molecule has 0 spiro atoms. The molecule has 3 rings (SSSR count). The van der Waals surface area contributed by atoms with E-state index in [4.69, 9.17) is 4.42 Å². The second kappa shape index (κ2) is 8.38. The number of nitrogens with zero attached hydrogens (tertiary/aromatic N) is 1. The summed E-state index contributed by atoms with van der Waals surface area (Å²) in [6, 6.07) is 1.87. The fraction of sp³-hybridized carbons (Fsp3) is 0.385. The van der Waals surface area contributed by atoms with Crippen LogP contribution in [0.25, 0.3) is 10.6 Å². The highest BCUT2D eigenvalue weighted by atomic mass is 35.5. The minimum absolute atomic E-state index is 0. The molecule has 0 bridgehead atoms. The number of halogens is 2. The molecule has 8 heteroatoms. The van der Waals surface area contributed by atoms with Crippen LogP contribution in [0.5, 0.6) is 0 Å². The van der Waals surface area contributed by atoms with Crippen LogP contribution in [0.4, 0.5) is 0 Å². The first kappa shape index (κ1) is 18.0. The highest BCUT2D eigenvalue weighted by Crippen LogP contribution is 2.23. The second-order valence-corrected chi connectivity index (χ2v) is 5.52. The molecule has 116 valence electrons. The van der Waals surface area contributed by atoms with Crippen molar-refractivity contribution < 1.29 is 9.21 Å². The normalized spacial score (nSPS) is 13.7. The van der Waals surface area contributed by atoms with Crippen LogP contribution in [0, 0.1) is 5.92 Å². The van der Waals surface area contributed by atoms with Crippen LogP contribution < -0.4 is 10.6 Å². The number of nitrogens with one attached hydrogen (secondary N) is 2. The van der Waals surface area contributed by atoms with Gasteiger partial charge in [0.05, 0.1) is 18.4 Å². The van der Waals surface area contributed by atoms with Gasteiger partial charge >= 0.3 is 0 Å². The number of rotatable bonds is 5. The number of hydrogen-bond acceptors (Lipinski definition) is 5. The van der Waals surface area contributed by atoms with Gasteiger partial charge in [0.15, 0.2) is 0 Å². The maximum absolute atomic E-state index is 11.8. The number of carbonyl (C=O) groups is 1. The SMILES string of the molecule is Cl.Cl.O=C(Cc1csc(-c2ccoc2)n1)NCC1CNC1. The molecule has 1 aliphatic heterocycles. The van der Waals surface area contributed by atoms with Gasteiger partial charge in [-0.1, -0.05) is 0 Å². The molecule has 1 aliphatic rings. The van der Waals surface area contributed by atoms with Crippen LogP contribution >= 0.6 is 36.2 Å². The number of amides is 1. The Balaban J connectivity index is 0.00000110. The average Bonchev–Trinajstić information content (AvgIpc) is 2.96. The molecule has 2 aromatic rings. The van der Waals surface area contributed by atoms with Crippen molar-refractivity contribution in [2.75, 3.05) is 19.6 Å². The van der Waals surface area contributed by atoms with Gasteiger partial charge in [0.2, 0.25) is 5.91 Å². The molecular formula is C13H17Cl2N3O2S. The van der Waals surface area contributed by atoms with Crippen molar-refractivity contribution in [3.63, 3.8) is 0 Å². The van der Waals surface area contributed by atoms with Gasteiger partial charge in [-0.25, -0.2) is 4.98 Å². The predicted octanol–water partition coefficient (Wildman–Crippen LogP) is 2.12. The fourth-order valence-electron chi connectivity index (χ4n) is 1.88. The first-order chi connectivity index (χ1) is 9.31. The summed E-state index contributed by atoms with van der Waals surface area (Å²) < 4.78 is 5.02. The largest absolute Gasteiger partial charge is 0.472 e. The lowest BCUT2D eigenvalue weighted by Gasteiger charge is -2.26. The summed E-state index contributed by atoms with van der Waals surface area (Å²) in [7, 11) is 0. The van der Waals surface area contributed by atoms with Crippen LogP contribution in [-0.2, 0) is 11.2 Å². The Hall–Kier alpha value is -1.08. The van der Waals surface area contributed by atoms with Gasteiger partial charge in [0.1, 0.15) is 11.3 Å². The van der Waals surface area contributed by atoms with Crippen molar-refractivity contribution in [3.8, 4) is 10.6 Å². The minimum atomic E-state index is 0. The van der Waals surface area contributed by atoms with Gasteiger partial charge in [-0.3, -0.25) is 4.79 Å². The van der Waals surface area contributed by atoms with E-state index in [0.717, 1.165) is 35.9 Å². The Bertz CT molecular complexity index is 556. The second-order valence-electron chi connectivity index (χ2n) is 4.66. The first-order valence-corrected chi connectivity index (χ1v) is 7.13. The first-order valence-electron chi connectivity index (χ1n) is 6.25. The van der Waals surface area contributed by atoms with E-state index in [1.54, 1.807) is 12.5 Å². The monoisotopic (exact) mass is 349 g/mol. The molecule has 1 saturated heterocycles. The fourth-order valence-corrected chi connectivity index (χ4v) is 2.69. The van der Waals surface area contributed by atoms with Gasteiger partial charge in [-0.2, -0.15) is 0 Å². The highest BCUT2D eigenvalue weighted by Gasteiger charge is 2.17. The topological polar surface area (TPSA) is 67.2 Å². The molecule has 5 nitrogen and oxygen atoms in total. The van der Waals surface area contributed by atoms with Gasteiger partial charge in [0.25, 0.3) is 0 Å². The lowest BCUT2D eigenvalue weighted by molar-refractivity contribution is -0.120. The van der Waals surface area contributed by atoms with E-state index in [0.29, 0.717) is 12.3 Å². The molecule has 0 aliphatic carbocycles. The summed E-state index contributed by atoms with van der Waals surface area (Å²) in [6.45, 7) is 2.76. The highest BCUT2D eigenvalue weighted by molar-refractivity contribution is 7.13. The molecule has 21 heavy (non-hydrogen) atoms. The summed E-state index contributed by atoms with van der Waals surface area (Å²) in [5, 5.41) is 8.94. The third-order valence-electron chi connectivity index (χ3n) is 3.12. The summed E-state index contributed by atoms with van der Waals surface area (Å²) >= 11 is 1.53. The molecule has 2 aromatic heterocycles. The van der Waals surface area contributed by atoms with E-state index in [1.807, 2.05) is 11.4 Å². The molecule has 0 atom stereocenters. The molecule has 0 aromatic carbocycles. The maximum Gasteiger partial charge on any atom is 0.226 e. The number of aromatic nitrogens is 1. The Morgan fingerprint density at radius 3 is 2.90 bits per heavy atom. The minimum Gasteiger partial charge on any atom is -0.472 e. The quantitative estimate of drug-likeness (QED) is 0.867. The number of thiazole rings is 1. The molecule has 1 amide bonds. The van der Waals surface area contributed by atoms with Gasteiger partial charge < -0.3 is 15.1 Å². The molecule has 3 heterocycles. The summed E-state index contributed by atoms with van der Waals surface area (Å²) in [5.74, 6) is 0.622. The van der Waals surface area contributed by atoms with Crippen molar-refractivity contribution in [3.05, 3.63) is 29.7 Å². The maximum atomic E-state index is 11.8. The standard InChI is InChI=1S/C13H15N3O2S.2ClH/c17-12(15-6-9-4-14-5-9)3-11-8-19-13(16-11)10-1-2-18-7-10;;/h1-2,7-9,14H,3-6H2,(H,15,17);2*1H. The van der Waals surface area contributed by atoms with Crippen LogP contribution in [0.3, 0.4) is 0 Å². The zero-order valence-electron chi connectivity index (χ0n) is 11.2. The number of hydrogen-bond donors (Lipinski definition) is 2. The summed E-state index contributed by atoms with van der Waals surface area (Å²) in [6.07, 6.45) is 3.62. The van der Waals surface area contributed by atoms with Gasteiger partial charge in [0, 0.05) is 36.5 Å². The Morgan fingerprint density at radius 1 is 1.48 bits per heavy atom. The van der Waals surface area contributed by atoms with Crippen LogP contribution in [0.1, 0.15) is 5.69 Å². The van der Waals surface area contributed by atoms with Crippen molar-refractivity contribution >= 4 is 42.1 Å². The molecule has 0 radical (unpaired) electrons. The zero-order valence-corrected chi connectivity index (χ0v) is 13.7. The molecule has 1 fully saturated rings. The Labute approximate surface area is 139 Å². The Kier molecular flexibility index (Phi) is 7.17. The van der Waals surface area contributed by atoms with Gasteiger partial charge in [-0.15, -0.1) is 36.2 Å². The molecule has 0 unspecified atom stereocenters. The number of furan rings is 1. The van der Waals surface area contributed by atoms with Crippen LogP contribution in [0.2, 0.25) is 0 Å². The lowest BCUT2D eigenvalue weighted by Crippen LogP contribution is -2.48. The lowest BCUT2D eigenvalue weighted by atomic mass is 10.0. The van der Waals surface area contributed by atoms with Crippen molar-refractivity contribution in [1.82, 2.24) is 15.6 Å². The number of carbonyl (C=O) groups excluding carboxylic acids is 1. The smallest absolute Gasteiger partial charge is 0.226 e. The Morgan fingerprint density at radius 2 is 2.29 bits per heavy atom. The predicted molar refractivity (Wildman–Crippen MR) is 87.4 cm³/mol. The average molecular weight is 350 g/mol. The zero-order chi connectivity index (χ0) is 13.1. The van der Waals surface area contributed by atoms with E-state index in [2.05, 4.69) is 15.6 Å². The molecular weight excluding hydrogens is 333 g/mol. The van der Waals surface area contributed by atoms with Crippen molar-refractivity contribution in [1.29, 1.82) is 0 Å². The molecule has 0 saturated carbocycles. The van der Waals surface area contributed by atoms with Gasteiger partial charge in [-0.05, 0) is 6.07 Å². The van der Waals surface area contributed by atoms with Crippen molar-refractivity contribution in [2.45, 2.75) is 6.42 Å². The van der Waals surface area contributed by atoms with E-state index < -0.39 is 0 Å². The van der Waals surface area contributed by atoms with E-state index in [-0.39, 0.29) is 30.7 Å². The third-order valence-corrected chi connectivity index (χ3v) is 4.06. The van der Waals surface area contributed by atoms with Crippen molar-refractivity contribution in [2.24, 2.45) is 5.92 Å². The third kappa shape index (κ3) is 4.71. The van der Waals surface area contributed by atoms with E-state index in [1.165, 1.54) is 11.3 Å². The van der Waals surface area contributed by atoms with E-state index >= 15 is 0 Å².